The van der Waals surface area contributed by atoms with Crippen LogP contribution in [0.15, 0.2) is 0 Å². The highest BCUT2D eigenvalue weighted by Crippen LogP contribution is 2.68. The second kappa shape index (κ2) is 3.99. The molecule has 94 valence electrons. The highest BCUT2D eigenvalue weighted by molar-refractivity contribution is 5.13. The summed E-state index contributed by atoms with van der Waals surface area (Å²) in [5.74, 6) is 0.885. The van der Waals surface area contributed by atoms with Gasteiger partial charge in [-0.05, 0) is 23.2 Å². The van der Waals surface area contributed by atoms with Gasteiger partial charge >= 0.3 is 0 Å². The Kier molecular flexibility index (Phi) is 3.09. The van der Waals surface area contributed by atoms with Crippen LogP contribution < -0.4 is 5.32 Å². The summed E-state index contributed by atoms with van der Waals surface area (Å²) in [7, 11) is 0. The van der Waals surface area contributed by atoms with Crippen molar-refractivity contribution in [3.63, 3.8) is 0 Å². The number of hydrogen-bond acceptors (Lipinski definition) is 2. The molecule has 1 N–H and O–H groups in total. The molecule has 1 aliphatic heterocycles. The van der Waals surface area contributed by atoms with Crippen molar-refractivity contribution in [1.29, 1.82) is 0 Å². The van der Waals surface area contributed by atoms with Crippen molar-refractivity contribution in [1.82, 2.24) is 10.2 Å². The Morgan fingerprint density at radius 1 is 1.19 bits per heavy atom. The van der Waals surface area contributed by atoms with Crippen LogP contribution in [-0.4, -0.2) is 37.1 Å². The van der Waals surface area contributed by atoms with E-state index >= 15 is 0 Å². The van der Waals surface area contributed by atoms with Crippen LogP contribution in [0, 0.1) is 16.7 Å². The average Bonchev–Trinajstić information content (AvgIpc) is 2.61. The van der Waals surface area contributed by atoms with E-state index in [-0.39, 0.29) is 0 Å². The Bertz CT molecular complexity index is 243. The van der Waals surface area contributed by atoms with E-state index < -0.39 is 0 Å². The Morgan fingerprint density at radius 3 is 2.31 bits per heavy atom. The molecule has 2 rings (SSSR count). The normalized spacial score (nSPS) is 33.9. The van der Waals surface area contributed by atoms with E-state index in [1.54, 1.807) is 0 Å². The molecule has 1 unspecified atom stereocenters. The van der Waals surface area contributed by atoms with Gasteiger partial charge in [0, 0.05) is 32.2 Å². The molecule has 1 atom stereocenters. The van der Waals surface area contributed by atoms with Crippen LogP contribution in [0.25, 0.3) is 0 Å². The van der Waals surface area contributed by atoms with Crippen molar-refractivity contribution in [3.8, 4) is 0 Å². The Labute approximate surface area is 101 Å². The molecule has 0 spiro atoms. The zero-order chi connectivity index (χ0) is 12.0. The number of hydrogen-bond donors (Lipinski definition) is 1. The largest absolute Gasteiger partial charge is 0.311 e. The Balaban J connectivity index is 1.87. The van der Waals surface area contributed by atoms with Gasteiger partial charge in [0.2, 0.25) is 0 Å². The molecule has 1 heterocycles. The van der Waals surface area contributed by atoms with Crippen molar-refractivity contribution in [2.45, 2.75) is 47.1 Å². The third kappa shape index (κ3) is 1.91. The van der Waals surface area contributed by atoms with E-state index in [2.05, 4.69) is 44.8 Å². The molecule has 0 aromatic carbocycles. The molecule has 1 saturated heterocycles. The molecule has 0 amide bonds. The highest BCUT2D eigenvalue weighted by Gasteiger charge is 2.64. The zero-order valence-electron chi connectivity index (χ0n) is 11.6. The van der Waals surface area contributed by atoms with Crippen LogP contribution >= 0.6 is 0 Å². The van der Waals surface area contributed by atoms with Gasteiger partial charge in [0.15, 0.2) is 0 Å². The molecule has 0 aromatic rings. The summed E-state index contributed by atoms with van der Waals surface area (Å²) >= 11 is 0. The molecule has 2 nitrogen and oxygen atoms in total. The fourth-order valence-electron chi connectivity index (χ4n) is 3.38. The summed E-state index contributed by atoms with van der Waals surface area (Å²) in [6.45, 7) is 17.0. The number of rotatable bonds is 3. The Hall–Kier alpha value is -0.0800. The molecule has 0 aromatic heterocycles. The minimum Gasteiger partial charge on any atom is -0.311 e. The molecule has 2 aliphatic rings. The zero-order valence-corrected chi connectivity index (χ0v) is 11.6. The average molecular weight is 224 g/mol. The van der Waals surface area contributed by atoms with E-state index in [0.717, 1.165) is 12.0 Å². The molecule has 1 aliphatic carbocycles. The first-order valence-electron chi connectivity index (χ1n) is 6.85. The van der Waals surface area contributed by atoms with E-state index in [9.17, 15) is 0 Å². The van der Waals surface area contributed by atoms with E-state index in [1.165, 1.54) is 32.6 Å². The second-order valence-electron chi connectivity index (χ2n) is 6.81. The Morgan fingerprint density at radius 2 is 1.81 bits per heavy atom. The van der Waals surface area contributed by atoms with Crippen LogP contribution in [0.3, 0.4) is 0 Å². The van der Waals surface area contributed by atoms with Gasteiger partial charge in [0.1, 0.15) is 0 Å². The summed E-state index contributed by atoms with van der Waals surface area (Å²) in [6, 6.07) is 0.721. The number of piperazine rings is 1. The van der Waals surface area contributed by atoms with Crippen LogP contribution in [0.5, 0.6) is 0 Å². The predicted molar refractivity (Wildman–Crippen MR) is 69.6 cm³/mol. The summed E-state index contributed by atoms with van der Waals surface area (Å²) < 4.78 is 0. The second-order valence-corrected chi connectivity index (χ2v) is 6.81. The fourth-order valence-corrected chi connectivity index (χ4v) is 3.38. The minimum absolute atomic E-state index is 0.541. The van der Waals surface area contributed by atoms with Crippen molar-refractivity contribution in [3.05, 3.63) is 0 Å². The molecular formula is C14H28N2. The summed E-state index contributed by atoms with van der Waals surface area (Å²) in [4.78, 5) is 2.67. The first kappa shape index (κ1) is 12.4. The SMILES string of the molecule is CCC1CN(CC2C(C)(C)C2(C)C)CCN1. The predicted octanol–water partition coefficient (Wildman–Crippen LogP) is 2.35. The first-order chi connectivity index (χ1) is 7.39. The number of nitrogens with zero attached hydrogens (tertiary/aromatic N) is 1. The van der Waals surface area contributed by atoms with Crippen molar-refractivity contribution in [2.24, 2.45) is 16.7 Å². The maximum atomic E-state index is 3.59. The lowest BCUT2D eigenvalue weighted by Gasteiger charge is -2.33. The standard InChI is InChI=1S/C14H28N2/c1-6-11-9-16(8-7-15-11)10-12-13(2,3)14(12,4)5/h11-12,15H,6-10H2,1-5H3. The van der Waals surface area contributed by atoms with Crippen LogP contribution in [0.4, 0.5) is 0 Å². The van der Waals surface area contributed by atoms with Gasteiger partial charge in [-0.2, -0.15) is 0 Å². The van der Waals surface area contributed by atoms with Gasteiger partial charge in [-0.3, -0.25) is 0 Å². The molecule has 2 heteroatoms. The maximum Gasteiger partial charge on any atom is 0.0192 e. The summed E-state index contributed by atoms with van der Waals surface area (Å²) in [5.41, 5.74) is 1.08. The van der Waals surface area contributed by atoms with Crippen molar-refractivity contribution in [2.75, 3.05) is 26.2 Å². The van der Waals surface area contributed by atoms with E-state index in [4.69, 9.17) is 0 Å². The van der Waals surface area contributed by atoms with Crippen molar-refractivity contribution < 1.29 is 0 Å². The summed E-state index contributed by atoms with van der Waals surface area (Å²) in [6.07, 6.45) is 1.26. The monoisotopic (exact) mass is 224 g/mol. The number of nitrogens with one attached hydrogen (secondary N) is 1. The molecule has 16 heavy (non-hydrogen) atoms. The molecule has 0 radical (unpaired) electrons. The minimum atomic E-state index is 0.541. The third-order valence-electron chi connectivity index (χ3n) is 5.59. The lowest BCUT2D eigenvalue weighted by atomic mass is 10.0. The quantitative estimate of drug-likeness (QED) is 0.791. The van der Waals surface area contributed by atoms with Gasteiger partial charge in [-0.25, -0.2) is 0 Å². The first-order valence-corrected chi connectivity index (χ1v) is 6.85. The molecule has 1 saturated carbocycles. The van der Waals surface area contributed by atoms with Crippen LogP contribution in [0.1, 0.15) is 41.0 Å². The van der Waals surface area contributed by atoms with Gasteiger partial charge in [-0.15, -0.1) is 0 Å². The maximum absolute atomic E-state index is 3.59. The lowest BCUT2D eigenvalue weighted by Crippen LogP contribution is -2.51. The highest BCUT2D eigenvalue weighted by atomic mass is 15.2. The fraction of sp³-hybridized carbons (Fsp3) is 1.00. The van der Waals surface area contributed by atoms with Gasteiger partial charge in [0.05, 0.1) is 0 Å². The van der Waals surface area contributed by atoms with Gasteiger partial charge in [0.25, 0.3) is 0 Å². The lowest BCUT2D eigenvalue weighted by molar-refractivity contribution is 0.180. The molecule has 2 fully saturated rings. The van der Waals surface area contributed by atoms with E-state index in [1.807, 2.05) is 0 Å². The van der Waals surface area contributed by atoms with Gasteiger partial charge in [-0.1, -0.05) is 34.6 Å². The smallest absolute Gasteiger partial charge is 0.0192 e. The molecule has 0 bridgehead atoms. The van der Waals surface area contributed by atoms with Crippen LogP contribution in [-0.2, 0) is 0 Å². The van der Waals surface area contributed by atoms with Crippen LogP contribution in [0.2, 0.25) is 0 Å². The van der Waals surface area contributed by atoms with Crippen molar-refractivity contribution >= 4 is 0 Å². The molecular weight excluding hydrogens is 196 g/mol. The summed E-state index contributed by atoms with van der Waals surface area (Å²) in [5, 5.41) is 3.59. The van der Waals surface area contributed by atoms with Gasteiger partial charge < -0.3 is 10.2 Å². The topological polar surface area (TPSA) is 15.3 Å². The third-order valence-corrected chi connectivity index (χ3v) is 5.59. The van der Waals surface area contributed by atoms with E-state index in [0.29, 0.717) is 10.8 Å².